The molecule has 0 aromatic rings. The second kappa shape index (κ2) is 10.9. The quantitative estimate of drug-likeness (QED) is 0.316. The Bertz CT molecular complexity index is 500. The number of primary amides is 1. The van der Waals surface area contributed by atoms with Crippen molar-refractivity contribution < 1.29 is 24.3 Å². The third-order valence-electron chi connectivity index (χ3n) is 4.67. The van der Waals surface area contributed by atoms with Gasteiger partial charge in [0.15, 0.2) is 0 Å². The van der Waals surface area contributed by atoms with Crippen LogP contribution in [0.4, 0.5) is 0 Å². The molecule has 0 bridgehead atoms. The van der Waals surface area contributed by atoms with Crippen LogP contribution < -0.4 is 16.8 Å². The molecular weight excluding hydrogens is 340 g/mol. The van der Waals surface area contributed by atoms with E-state index in [9.17, 15) is 24.3 Å². The molecule has 9 heteroatoms. The summed E-state index contributed by atoms with van der Waals surface area (Å²) < 4.78 is 0. The van der Waals surface area contributed by atoms with Gasteiger partial charge in [-0.1, -0.05) is 0 Å². The highest BCUT2D eigenvalue weighted by atomic mass is 16.3. The van der Waals surface area contributed by atoms with E-state index in [-0.39, 0.29) is 24.9 Å². The third-order valence-corrected chi connectivity index (χ3v) is 4.67. The van der Waals surface area contributed by atoms with Crippen molar-refractivity contribution in [2.75, 3.05) is 0 Å². The van der Waals surface area contributed by atoms with Gasteiger partial charge < -0.3 is 31.6 Å². The van der Waals surface area contributed by atoms with Crippen LogP contribution in [-0.2, 0) is 19.2 Å². The van der Waals surface area contributed by atoms with Crippen molar-refractivity contribution in [3.8, 4) is 0 Å². The van der Waals surface area contributed by atoms with Crippen molar-refractivity contribution in [1.82, 2.24) is 10.2 Å². The second-order valence-electron chi connectivity index (χ2n) is 7.00. The Hall–Kier alpha value is -2.00. The lowest BCUT2D eigenvalue weighted by atomic mass is 10.0. The van der Waals surface area contributed by atoms with Crippen LogP contribution in [0, 0.1) is 0 Å². The molecule has 0 spiro atoms. The minimum Gasteiger partial charge on any atom is -0.393 e. The number of amides is 3. The Morgan fingerprint density at radius 3 is 2.50 bits per heavy atom. The Morgan fingerprint density at radius 2 is 1.96 bits per heavy atom. The van der Waals surface area contributed by atoms with Gasteiger partial charge in [-0.15, -0.1) is 0 Å². The van der Waals surface area contributed by atoms with E-state index in [1.807, 2.05) is 6.92 Å². The molecule has 1 aliphatic rings. The Labute approximate surface area is 153 Å². The van der Waals surface area contributed by atoms with Gasteiger partial charge in [0.05, 0.1) is 12.1 Å². The van der Waals surface area contributed by atoms with E-state index in [1.165, 1.54) is 4.90 Å². The molecule has 1 fully saturated rings. The number of nitrogens with two attached hydrogens (primary N) is 2. The summed E-state index contributed by atoms with van der Waals surface area (Å²) >= 11 is 0. The number of carbonyl (C=O) groups excluding carboxylic acids is 4. The molecule has 5 unspecified atom stereocenters. The van der Waals surface area contributed by atoms with Gasteiger partial charge in [0.25, 0.3) is 0 Å². The number of hydrogen-bond acceptors (Lipinski definition) is 6. The lowest BCUT2D eigenvalue weighted by molar-refractivity contribution is -0.134. The Morgan fingerprint density at radius 1 is 1.27 bits per heavy atom. The number of nitrogens with zero attached hydrogens (tertiary/aromatic N) is 1. The van der Waals surface area contributed by atoms with E-state index < -0.39 is 30.0 Å². The molecule has 0 aliphatic carbocycles. The van der Waals surface area contributed by atoms with Gasteiger partial charge in [0, 0.05) is 18.5 Å². The number of likely N-dealkylation sites (tertiary alicyclic amines) is 1. The van der Waals surface area contributed by atoms with Crippen LogP contribution in [0.5, 0.6) is 0 Å². The topological polar surface area (TPSA) is 156 Å². The van der Waals surface area contributed by atoms with Crippen LogP contribution >= 0.6 is 0 Å². The van der Waals surface area contributed by atoms with Gasteiger partial charge in [-0.3, -0.25) is 14.4 Å². The normalized spacial score (nSPS) is 23.1. The number of rotatable bonds is 12. The van der Waals surface area contributed by atoms with E-state index in [0.29, 0.717) is 44.8 Å². The smallest absolute Gasteiger partial charge is 0.243 e. The molecule has 5 atom stereocenters. The molecule has 9 nitrogen and oxygen atoms in total. The number of aliphatic hydroxyl groups excluding tert-OH is 1. The molecule has 6 N–H and O–H groups in total. The summed E-state index contributed by atoms with van der Waals surface area (Å²) in [6.07, 6.45) is 3.34. The molecule has 3 amide bonds. The molecule has 0 saturated carbocycles. The van der Waals surface area contributed by atoms with E-state index >= 15 is 0 Å². The second-order valence-corrected chi connectivity index (χ2v) is 7.00. The van der Waals surface area contributed by atoms with E-state index in [4.69, 9.17) is 11.5 Å². The van der Waals surface area contributed by atoms with Crippen LogP contribution in [0.15, 0.2) is 0 Å². The predicted octanol–water partition coefficient (Wildman–Crippen LogP) is -1.20. The SMILES string of the molecule is CC(N)CCC(O)CC1CCC(C(=O)NC(C=O)CCC(N)=O)N1C=O. The van der Waals surface area contributed by atoms with Crippen LogP contribution in [0.2, 0.25) is 0 Å². The zero-order valence-corrected chi connectivity index (χ0v) is 15.2. The first-order chi connectivity index (χ1) is 12.3. The lowest BCUT2D eigenvalue weighted by Gasteiger charge is -2.28. The molecule has 1 aliphatic heterocycles. The summed E-state index contributed by atoms with van der Waals surface area (Å²) in [5, 5.41) is 12.7. The number of hydrogen-bond donors (Lipinski definition) is 4. The highest BCUT2D eigenvalue weighted by molar-refractivity contribution is 5.86. The minimum absolute atomic E-state index is 0.00500. The fraction of sp³-hybridized carbons (Fsp3) is 0.765. The Balaban J connectivity index is 2.58. The molecule has 0 aromatic carbocycles. The van der Waals surface area contributed by atoms with Gasteiger partial charge in [-0.2, -0.15) is 0 Å². The maximum atomic E-state index is 12.4. The summed E-state index contributed by atoms with van der Waals surface area (Å²) in [5.41, 5.74) is 10.7. The lowest BCUT2D eigenvalue weighted by Crippen LogP contribution is -2.49. The number of aliphatic hydroxyl groups is 1. The highest BCUT2D eigenvalue weighted by Crippen LogP contribution is 2.27. The molecule has 26 heavy (non-hydrogen) atoms. The van der Waals surface area contributed by atoms with Crippen LogP contribution in [0.25, 0.3) is 0 Å². The summed E-state index contributed by atoms with van der Waals surface area (Å²) in [4.78, 5) is 47.1. The van der Waals surface area contributed by atoms with Crippen LogP contribution in [-0.4, -0.2) is 64.8 Å². The van der Waals surface area contributed by atoms with E-state index in [0.717, 1.165) is 0 Å². The van der Waals surface area contributed by atoms with Gasteiger partial charge in [0.2, 0.25) is 18.2 Å². The molecule has 1 rings (SSSR count). The molecule has 1 saturated heterocycles. The van der Waals surface area contributed by atoms with Crippen molar-refractivity contribution in [3.05, 3.63) is 0 Å². The molecule has 148 valence electrons. The third kappa shape index (κ3) is 7.09. The molecule has 0 radical (unpaired) electrons. The first-order valence-electron chi connectivity index (χ1n) is 8.98. The minimum atomic E-state index is -0.820. The van der Waals surface area contributed by atoms with E-state index in [2.05, 4.69) is 5.32 Å². The molecule has 1 heterocycles. The first-order valence-corrected chi connectivity index (χ1v) is 8.98. The van der Waals surface area contributed by atoms with Crippen molar-refractivity contribution in [2.24, 2.45) is 11.5 Å². The van der Waals surface area contributed by atoms with Gasteiger partial charge in [-0.05, 0) is 45.4 Å². The number of nitrogens with one attached hydrogen (secondary N) is 1. The predicted molar refractivity (Wildman–Crippen MR) is 94.6 cm³/mol. The molecular formula is C17H30N4O5. The van der Waals surface area contributed by atoms with Crippen molar-refractivity contribution in [3.63, 3.8) is 0 Å². The largest absolute Gasteiger partial charge is 0.393 e. The zero-order chi connectivity index (χ0) is 19.7. The fourth-order valence-electron chi connectivity index (χ4n) is 3.21. The van der Waals surface area contributed by atoms with Gasteiger partial charge in [-0.25, -0.2) is 0 Å². The summed E-state index contributed by atoms with van der Waals surface area (Å²) in [7, 11) is 0. The van der Waals surface area contributed by atoms with Gasteiger partial charge in [0.1, 0.15) is 12.3 Å². The average Bonchev–Trinajstić information content (AvgIpc) is 2.98. The average molecular weight is 370 g/mol. The van der Waals surface area contributed by atoms with Crippen LogP contribution in [0.3, 0.4) is 0 Å². The summed E-state index contributed by atoms with van der Waals surface area (Å²) in [6.45, 7) is 1.86. The van der Waals surface area contributed by atoms with Gasteiger partial charge >= 0.3 is 0 Å². The van der Waals surface area contributed by atoms with Crippen LogP contribution in [0.1, 0.15) is 51.9 Å². The monoisotopic (exact) mass is 370 g/mol. The first kappa shape index (κ1) is 22.0. The number of aldehydes is 1. The zero-order valence-electron chi connectivity index (χ0n) is 15.2. The summed E-state index contributed by atoms with van der Waals surface area (Å²) in [5.74, 6) is -0.992. The van der Waals surface area contributed by atoms with Crippen molar-refractivity contribution >= 4 is 24.5 Å². The van der Waals surface area contributed by atoms with Crippen molar-refractivity contribution in [1.29, 1.82) is 0 Å². The maximum Gasteiger partial charge on any atom is 0.243 e. The molecule has 0 aromatic heterocycles. The maximum absolute atomic E-state index is 12.4. The van der Waals surface area contributed by atoms with E-state index in [1.54, 1.807) is 0 Å². The standard InChI is InChI=1S/C17H30N4O5/c1-11(18)2-5-14(24)8-13-4-6-15(21(13)10-23)17(26)20-12(9-22)3-7-16(19)25/h9-15,24H,2-8,18H2,1H3,(H2,19,25)(H,20,26). The number of carbonyl (C=O) groups is 4. The van der Waals surface area contributed by atoms with Crippen molar-refractivity contribution in [2.45, 2.75) is 82.1 Å². The fourth-order valence-corrected chi connectivity index (χ4v) is 3.21. The highest BCUT2D eigenvalue weighted by Gasteiger charge is 2.38. The Kier molecular flexibility index (Phi) is 9.22. The summed E-state index contributed by atoms with van der Waals surface area (Å²) in [6, 6.07) is -1.74.